The fourth-order valence-electron chi connectivity index (χ4n) is 4.41. The van der Waals surface area contributed by atoms with Crippen LogP contribution in [-0.2, 0) is 21.2 Å². The number of benzene rings is 3. The molecular weight excluding hydrogens is 506 g/mol. The maximum atomic E-state index is 13.4. The van der Waals surface area contributed by atoms with E-state index in [1.807, 2.05) is 60.8 Å². The lowest BCUT2D eigenvalue weighted by molar-refractivity contribution is -0.118. The number of ether oxygens (including phenoxy) is 1. The third kappa shape index (κ3) is 5.38. The van der Waals surface area contributed by atoms with Crippen LogP contribution in [0.2, 0.25) is 0 Å². The molecule has 9 heteroatoms. The molecule has 0 unspecified atom stereocenters. The number of hydrogen-bond acceptors (Lipinski definition) is 6. The SMILES string of the molecule is Cc1nc(-c2cccc(NC(=O)COc3ccc(S(=O)(=O)N4CCCc5ccccc54)cc3C)c2)cs1. The molecule has 37 heavy (non-hydrogen) atoms. The predicted molar refractivity (Wildman–Crippen MR) is 147 cm³/mol. The first-order valence-corrected chi connectivity index (χ1v) is 14.3. The molecule has 1 N–H and O–H groups in total. The van der Waals surface area contributed by atoms with Crippen LogP contribution < -0.4 is 14.4 Å². The van der Waals surface area contributed by atoms with Crippen LogP contribution in [0.5, 0.6) is 5.75 Å². The smallest absolute Gasteiger partial charge is 0.264 e. The molecule has 1 aromatic heterocycles. The van der Waals surface area contributed by atoms with Gasteiger partial charge in [-0.1, -0.05) is 30.3 Å². The van der Waals surface area contributed by atoms with Crippen molar-refractivity contribution in [2.75, 3.05) is 22.8 Å². The predicted octanol–water partition coefficient (Wildman–Crippen LogP) is 5.59. The summed E-state index contributed by atoms with van der Waals surface area (Å²) in [6.45, 7) is 3.97. The molecule has 1 aliphatic rings. The highest BCUT2D eigenvalue weighted by Gasteiger charge is 2.29. The maximum Gasteiger partial charge on any atom is 0.264 e. The summed E-state index contributed by atoms with van der Waals surface area (Å²) in [6.07, 6.45) is 1.64. The van der Waals surface area contributed by atoms with Crippen LogP contribution in [0.15, 0.2) is 77.0 Å². The first-order valence-electron chi connectivity index (χ1n) is 12.0. The van der Waals surface area contributed by atoms with Crippen molar-refractivity contribution in [1.29, 1.82) is 0 Å². The number of aromatic nitrogens is 1. The van der Waals surface area contributed by atoms with Gasteiger partial charge in [0.15, 0.2) is 6.61 Å². The van der Waals surface area contributed by atoms with E-state index in [0.29, 0.717) is 23.5 Å². The average Bonchev–Trinajstić information content (AvgIpc) is 3.34. The summed E-state index contributed by atoms with van der Waals surface area (Å²) in [4.78, 5) is 17.2. The van der Waals surface area contributed by atoms with Crippen molar-refractivity contribution in [3.63, 3.8) is 0 Å². The second-order valence-electron chi connectivity index (χ2n) is 8.91. The Hall–Kier alpha value is -3.69. The zero-order valence-corrected chi connectivity index (χ0v) is 22.2. The molecule has 0 saturated carbocycles. The number of carbonyl (C=O) groups is 1. The third-order valence-corrected chi connectivity index (χ3v) is 8.80. The van der Waals surface area contributed by atoms with Gasteiger partial charge in [-0.05, 0) is 74.2 Å². The molecule has 5 rings (SSSR count). The lowest BCUT2D eigenvalue weighted by atomic mass is 10.0. The van der Waals surface area contributed by atoms with Crippen LogP contribution in [0.25, 0.3) is 11.3 Å². The van der Waals surface area contributed by atoms with Gasteiger partial charge in [0, 0.05) is 23.2 Å². The number of fused-ring (bicyclic) bond motifs is 1. The first kappa shape index (κ1) is 25.0. The minimum atomic E-state index is -3.72. The summed E-state index contributed by atoms with van der Waals surface area (Å²) in [5.41, 5.74) is 4.85. The summed E-state index contributed by atoms with van der Waals surface area (Å²) in [7, 11) is -3.72. The summed E-state index contributed by atoms with van der Waals surface area (Å²) in [5, 5.41) is 5.81. The summed E-state index contributed by atoms with van der Waals surface area (Å²) in [6, 6.07) is 19.8. The summed E-state index contributed by atoms with van der Waals surface area (Å²) in [5.74, 6) is 0.146. The van der Waals surface area contributed by atoms with Crippen molar-refractivity contribution in [3.8, 4) is 17.0 Å². The Labute approximate surface area is 220 Å². The van der Waals surface area contributed by atoms with E-state index in [4.69, 9.17) is 4.74 Å². The molecule has 0 atom stereocenters. The number of rotatable bonds is 7. The topological polar surface area (TPSA) is 88.6 Å². The fraction of sp³-hybridized carbons (Fsp3) is 0.214. The van der Waals surface area contributed by atoms with Crippen molar-refractivity contribution >= 4 is 38.6 Å². The lowest BCUT2D eigenvalue weighted by Crippen LogP contribution is -2.35. The molecule has 7 nitrogen and oxygen atoms in total. The highest BCUT2D eigenvalue weighted by atomic mass is 32.2. The van der Waals surface area contributed by atoms with Gasteiger partial charge < -0.3 is 10.1 Å². The van der Waals surface area contributed by atoms with E-state index in [1.54, 1.807) is 30.4 Å². The van der Waals surface area contributed by atoms with Crippen LogP contribution in [-0.4, -0.2) is 32.5 Å². The minimum Gasteiger partial charge on any atom is -0.483 e. The van der Waals surface area contributed by atoms with Gasteiger partial charge in [-0.15, -0.1) is 11.3 Å². The van der Waals surface area contributed by atoms with E-state index >= 15 is 0 Å². The van der Waals surface area contributed by atoms with Gasteiger partial charge in [-0.2, -0.15) is 0 Å². The number of para-hydroxylation sites is 1. The number of thiazole rings is 1. The number of carbonyl (C=O) groups excluding carboxylic acids is 1. The standard InChI is InChI=1S/C28H27N3O4S2/c1-19-15-24(37(33,34)31-14-6-9-21-7-3-4-11-26(21)31)12-13-27(19)35-17-28(32)30-23-10-5-8-22(16-23)25-18-36-20(2)29-25/h3-5,7-8,10-13,15-16,18H,6,9,14,17H2,1-2H3,(H,30,32). The van der Waals surface area contributed by atoms with E-state index in [2.05, 4.69) is 10.3 Å². The molecule has 0 bridgehead atoms. The Kier molecular flexibility index (Phi) is 6.99. The van der Waals surface area contributed by atoms with E-state index in [-0.39, 0.29) is 17.4 Å². The molecule has 0 fully saturated rings. The number of sulfonamides is 1. The minimum absolute atomic E-state index is 0.201. The normalized spacial score (nSPS) is 13.2. The molecule has 0 spiro atoms. The van der Waals surface area contributed by atoms with E-state index in [0.717, 1.165) is 40.4 Å². The van der Waals surface area contributed by atoms with E-state index in [1.165, 1.54) is 10.4 Å². The highest BCUT2D eigenvalue weighted by Crippen LogP contribution is 2.33. The molecule has 190 valence electrons. The Bertz CT molecular complexity index is 1560. The van der Waals surface area contributed by atoms with Gasteiger partial charge >= 0.3 is 0 Å². The molecule has 0 saturated heterocycles. The number of aryl methyl sites for hydroxylation is 3. The molecule has 4 aromatic rings. The molecule has 1 amide bonds. The first-order chi connectivity index (χ1) is 17.8. The van der Waals surface area contributed by atoms with Crippen LogP contribution in [0.4, 0.5) is 11.4 Å². The molecular formula is C28H27N3O4S2. The molecule has 3 aromatic carbocycles. The molecule has 0 aliphatic carbocycles. The highest BCUT2D eigenvalue weighted by molar-refractivity contribution is 7.92. The average molecular weight is 534 g/mol. The van der Waals surface area contributed by atoms with Crippen LogP contribution >= 0.6 is 11.3 Å². The largest absolute Gasteiger partial charge is 0.483 e. The molecule has 2 heterocycles. The second-order valence-corrected chi connectivity index (χ2v) is 11.8. The van der Waals surface area contributed by atoms with Gasteiger partial charge in [0.25, 0.3) is 15.9 Å². The van der Waals surface area contributed by atoms with E-state index < -0.39 is 10.0 Å². The van der Waals surface area contributed by atoms with Crippen molar-refractivity contribution in [2.24, 2.45) is 0 Å². The Morgan fingerprint density at radius 2 is 1.92 bits per heavy atom. The number of hydrogen-bond donors (Lipinski definition) is 1. The molecule has 1 aliphatic heterocycles. The zero-order chi connectivity index (χ0) is 26.0. The van der Waals surface area contributed by atoms with Crippen molar-refractivity contribution < 1.29 is 17.9 Å². The second kappa shape index (κ2) is 10.4. The van der Waals surface area contributed by atoms with Crippen LogP contribution in [0, 0.1) is 13.8 Å². The summed E-state index contributed by atoms with van der Waals surface area (Å²) < 4.78 is 34.1. The van der Waals surface area contributed by atoms with Gasteiger partial charge in [0.2, 0.25) is 0 Å². The van der Waals surface area contributed by atoms with Crippen molar-refractivity contribution in [1.82, 2.24) is 4.98 Å². The Morgan fingerprint density at radius 3 is 2.70 bits per heavy atom. The van der Waals surface area contributed by atoms with Crippen LogP contribution in [0.3, 0.4) is 0 Å². The quantitative estimate of drug-likeness (QED) is 0.335. The Morgan fingerprint density at radius 1 is 1.08 bits per heavy atom. The number of nitrogens with one attached hydrogen (secondary N) is 1. The zero-order valence-electron chi connectivity index (χ0n) is 20.6. The third-order valence-electron chi connectivity index (χ3n) is 6.22. The van der Waals surface area contributed by atoms with Crippen molar-refractivity contribution in [3.05, 3.63) is 88.2 Å². The van der Waals surface area contributed by atoms with Gasteiger partial charge in [0.05, 0.1) is 21.3 Å². The monoisotopic (exact) mass is 533 g/mol. The van der Waals surface area contributed by atoms with E-state index in [9.17, 15) is 13.2 Å². The maximum absolute atomic E-state index is 13.4. The van der Waals surface area contributed by atoms with Gasteiger partial charge in [0.1, 0.15) is 5.75 Å². The van der Waals surface area contributed by atoms with Crippen LogP contribution in [0.1, 0.15) is 22.6 Å². The van der Waals surface area contributed by atoms with Gasteiger partial charge in [-0.3, -0.25) is 9.10 Å². The fourth-order valence-corrected chi connectivity index (χ4v) is 6.66. The number of nitrogens with zero attached hydrogens (tertiary/aromatic N) is 2. The van der Waals surface area contributed by atoms with Crippen molar-refractivity contribution in [2.45, 2.75) is 31.6 Å². The lowest BCUT2D eigenvalue weighted by Gasteiger charge is -2.30. The summed E-state index contributed by atoms with van der Waals surface area (Å²) >= 11 is 1.57. The number of amides is 1. The number of anilines is 2. The Balaban J connectivity index is 1.25. The molecule has 0 radical (unpaired) electrons. The van der Waals surface area contributed by atoms with Gasteiger partial charge in [-0.25, -0.2) is 13.4 Å².